The van der Waals surface area contributed by atoms with E-state index in [9.17, 15) is 0 Å². The highest BCUT2D eigenvalue weighted by atomic mass is 28.4. The number of nitrogens with zero attached hydrogens (tertiary/aromatic N) is 1. The summed E-state index contributed by atoms with van der Waals surface area (Å²) in [5.41, 5.74) is 2.36. The zero-order valence-electron chi connectivity index (χ0n) is 11.9. The molecule has 0 fully saturated rings. The van der Waals surface area contributed by atoms with Crippen molar-refractivity contribution in [3.63, 3.8) is 0 Å². The zero-order chi connectivity index (χ0) is 13.1. The number of hydrogen-bond donors (Lipinski definition) is 0. The Hall–Kier alpha value is -0.803. The molecule has 1 rings (SSSR count). The molecule has 1 aromatic rings. The molecule has 0 aliphatic rings. The van der Waals surface area contributed by atoms with Gasteiger partial charge < -0.3 is 8.99 Å². The van der Waals surface area contributed by atoms with E-state index in [2.05, 4.69) is 69.6 Å². The first kappa shape index (κ1) is 14.3. The van der Waals surface area contributed by atoms with Gasteiger partial charge in [-0.1, -0.05) is 45.9 Å². The summed E-state index contributed by atoms with van der Waals surface area (Å²) in [6.45, 7) is 9.09. The van der Waals surface area contributed by atoms with E-state index in [1.54, 1.807) is 0 Å². The Morgan fingerprint density at radius 3 is 1.82 bits per heavy atom. The first-order valence-corrected chi connectivity index (χ1v) is 8.31. The summed E-state index contributed by atoms with van der Waals surface area (Å²) in [4.78, 5) is 0. The van der Waals surface area contributed by atoms with Crippen molar-refractivity contribution in [2.45, 2.75) is 38.8 Å². The van der Waals surface area contributed by atoms with Gasteiger partial charge in [-0.15, -0.1) is 0 Å². The molecule has 3 heteroatoms. The number of rotatable bonds is 5. The predicted octanol–water partition coefficient (Wildman–Crippen LogP) is 4.03. The normalized spacial score (nSPS) is 12.2. The van der Waals surface area contributed by atoms with E-state index in [0.717, 1.165) is 0 Å². The lowest BCUT2D eigenvalue weighted by Crippen LogP contribution is -2.58. The quantitative estimate of drug-likeness (QED) is 0.733. The van der Waals surface area contributed by atoms with Crippen LogP contribution in [-0.4, -0.2) is 22.6 Å². The summed E-state index contributed by atoms with van der Waals surface area (Å²) < 4.78 is 8.43. The van der Waals surface area contributed by atoms with Crippen LogP contribution in [0.1, 0.15) is 27.7 Å². The molecule has 0 aliphatic heterocycles. The van der Waals surface area contributed by atoms with Gasteiger partial charge in [0.2, 0.25) is 0 Å². The summed E-state index contributed by atoms with van der Waals surface area (Å²) in [5.74, 6) is 0. The maximum absolute atomic E-state index is 6.04. The lowest BCUT2D eigenvalue weighted by molar-refractivity contribution is 0.369. The van der Waals surface area contributed by atoms with Crippen molar-refractivity contribution in [2.75, 3.05) is 18.7 Å². The second kappa shape index (κ2) is 5.69. The predicted molar refractivity (Wildman–Crippen MR) is 77.8 cm³/mol. The van der Waals surface area contributed by atoms with Gasteiger partial charge in [-0.25, -0.2) is 0 Å². The first-order chi connectivity index (χ1) is 7.96. The number of benzene rings is 1. The fourth-order valence-corrected chi connectivity index (χ4v) is 7.55. The minimum atomic E-state index is -1.94. The first-order valence-electron chi connectivity index (χ1n) is 6.30. The summed E-state index contributed by atoms with van der Waals surface area (Å²) in [6, 6.07) is 10.5. The molecule has 2 nitrogen and oxygen atoms in total. The minimum absolute atomic E-state index is 0.553. The van der Waals surface area contributed by atoms with Gasteiger partial charge in [-0.2, -0.15) is 0 Å². The number of anilines is 1. The molecule has 0 atom stereocenters. The minimum Gasteiger partial charge on any atom is -0.402 e. The van der Waals surface area contributed by atoms with E-state index in [4.69, 9.17) is 4.43 Å². The molecule has 0 aliphatic carbocycles. The Bertz CT molecular complexity index is 329. The van der Waals surface area contributed by atoms with Crippen LogP contribution in [0.2, 0.25) is 11.1 Å². The largest absolute Gasteiger partial charge is 0.402 e. The van der Waals surface area contributed by atoms with Gasteiger partial charge in [0.05, 0.1) is 0 Å². The molecule has 17 heavy (non-hydrogen) atoms. The molecule has 0 spiro atoms. The van der Waals surface area contributed by atoms with Crippen LogP contribution in [-0.2, 0) is 4.43 Å². The van der Waals surface area contributed by atoms with Gasteiger partial charge in [0.15, 0.2) is 0 Å². The summed E-state index contributed by atoms with van der Waals surface area (Å²) in [6.07, 6.45) is 0. The maximum Gasteiger partial charge on any atom is 0.305 e. The van der Waals surface area contributed by atoms with Crippen molar-refractivity contribution in [3.05, 3.63) is 30.3 Å². The van der Waals surface area contributed by atoms with Crippen molar-refractivity contribution in [1.29, 1.82) is 0 Å². The van der Waals surface area contributed by atoms with E-state index in [0.29, 0.717) is 11.1 Å². The van der Waals surface area contributed by atoms with Gasteiger partial charge in [-0.05, 0) is 30.3 Å². The van der Waals surface area contributed by atoms with E-state index in [1.807, 2.05) is 7.11 Å². The topological polar surface area (TPSA) is 12.5 Å². The summed E-state index contributed by atoms with van der Waals surface area (Å²) in [5, 5.41) is 0. The van der Waals surface area contributed by atoms with Crippen LogP contribution in [0, 0.1) is 0 Å². The monoisotopic (exact) mass is 251 g/mol. The van der Waals surface area contributed by atoms with Crippen LogP contribution >= 0.6 is 0 Å². The molecule has 0 aromatic heterocycles. The fraction of sp³-hybridized carbons (Fsp3) is 0.571. The third kappa shape index (κ3) is 2.55. The second-order valence-corrected chi connectivity index (χ2v) is 10.1. The Morgan fingerprint density at radius 2 is 1.47 bits per heavy atom. The fourth-order valence-electron chi connectivity index (χ4n) is 2.90. The van der Waals surface area contributed by atoms with Crippen molar-refractivity contribution < 1.29 is 4.43 Å². The molecular weight excluding hydrogens is 226 g/mol. The highest BCUT2D eigenvalue weighted by Gasteiger charge is 2.46. The Morgan fingerprint density at radius 1 is 1.00 bits per heavy atom. The molecule has 0 N–H and O–H groups in total. The zero-order valence-corrected chi connectivity index (χ0v) is 12.9. The molecule has 0 saturated carbocycles. The van der Waals surface area contributed by atoms with Crippen LogP contribution in [0.3, 0.4) is 0 Å². The molecule has 0 heterocycles. The standard InChI is InChI=1S/C14H25NOSi/c1-12(2)17(16-6,13(3)4)15(5)14-10-8-7-9-11-14/h7-13H,1-6H3. The molecule has 0 unspecified atom stereocenters. The molecule has 0 saturated heterocycles. The van der Waals surface area contributed by atoms with E-state index in [1.165, 1.54) is 5.69 Å². The van der Waals surface area contributed by atoms with Crippen molar-refractivity contribution >= 4 is 14.2 Å². The molecule has 96 valence electrons. The molecule has 0 radical (unpaired) electrons. The van der Waals surface area contributed by atoms with Crippen molar-refractivity contribution in [2.24, 2.45) is 0 Å². The highest BCUT2D eigenvalue weighted by molar-refractivity contribution is 6.79. The van der Waals surface area contributed by atoms with E-state index < -0.39 is 8.48 Å². The van der Waals surface area contributed by atoms with Gasteiger partial charge in [0.1, 0.15) is 0 Å². The van der Waals surface area contributed by atoms with Crippen molar-refractivity contribution in [3.8, 4) is 0 Å². The lowest BCUT2D eigenvalue weighted by atomic mass is 10.3. The third-order valence-corrected chi connectivity index (χ3v) is 8.92. The van der Waals surface area contributed by atoms with Crippen LogP contribution in [0.4, 0.5) is 5.69 Å². The molecular formula is C14H25NOSi. The Labute approximate surface area is 107 Å². The number of para-hydroxylation sites is 1. The lowest BCUT2D eigenvalue weighted by Gasteiger charge is -2.45. The molecule has 0 bridgehead atoms. The van der Waals surface area contributed by atoms with Crippen molar-refractivity contribution in [1.82, 2.24) is 0 Å². The van der Waals surface area contributed by atoms with E-state index in [-0.39, 0.29) is 0 Å². The molecule has 1 aromatic carbocycles. The van der Waals surface area contributed by atoms with E-state index >= 15 is 0 Å². The Balaban J connectivity index is 3.15. The average molecular weight is 251 g/mol. The second-order valence-electron chi connectivity index (χ2n) is 5.16. The summed E-state index contributed by atoms with van der Waals surface area (Å²) >= 11 is 0. The number of hydrogen-bond acceptors (Lipinski definition) is 2. The third-order valence-electron chi connectivity index (χ3n) is 3.65. The average Bonchev–Trinajstić information content (AvgIpc) is 2.30. The van der Waals surface area contributed by atoms with Gasteiger partial charge in [0.25, 0.3) is 0 Å². The SMILES string of the molecule is CO[Si](C(C)C)(C(C)C)N(C)c1ccccc1. The van der Waals surface area contributed by atoms with Gasteiger partial charge in [0, 0.05) is 12.8 Å². The smallest absolute Gasteiger partial charge is 0.305 e. The Kier molecular flexibility index (Phi) is 4.77. The van der Waals surface area contributed by atoms with Crippen LogP contribution in [0.15, 0.2) is 30.3 Å². The van der Waals surface area contributed by atoms with Crippen LogP contribution in [0.25, 0.3) is 0 Å². The van der Waals surface area contributed by atoms with Gasteiger partial charge in [-0.3, -0.25) is 0 Å². The highest BCUT2D eigenvalue weighted by Crippen LogP contribution is 2.37. The van der Waals surface area contributed by atoms with Crippen LogP contribution in [0.5, 0.6) is 0 Å². The summed E-state index contributed by atoms with van der Waals surface area (Å²) in [7, 11) is 2.10. The maximum atomic E-state index is 6.04. The molecule has 0 amide bonds. The van der Waals surface area contributed by atoms with Crippen LogP contribution < -0.4 is 4.57 Å². The van der Waals surface area contributed by atoms with Gasteiger partial charge >= 0.3 is 8.48 Å².